The van der Waals surface area contributed by atoms with E-state index >= 15 is 0 Å². The fraction of sp³-hybridized carbons (Fsp3) is 0.148. The molecule has 35 heavy (non-hydrogen) atoms. The number of pyridine rings is 2. The first-order chi connectivity index (χ1) is 17.2. The van der Waals surface area contributed by atoms with Crippen LogP contribution in [0.5, 0.6) is 5.75 Å². The van der Waals surface area contributed by atoms with Gasteiger partial charge in [0.15, 0.2) is 0 Å². The van der Waals surface area contributed by atoms with Crippen LogP contribution in [0.15, 0.2) is 71.9 Å². The number of H-pyrrole nitrogens is 2. The van der Waals surface area contributed by atoms with Crippen LogP contribution in [0.1, 0.15) is 0 Å². The van der Waals surface area contributed by atoms with Crippen LogP contribution < -0.4 is 4.74 Å². The van der Waals surface area contributed by atoms with E-state index in [1.807, 2.05) is 38.8 Å². The van der Waals surface area contributed by atoms with Crippen molar-refractivity contribution in [3.63, 3.8) is 0 Å². The minimum absolute atomic E-state index is 0.617. The van der Waals surface area contributed by atoms with E-state index < -0.39 is 0 Å². The summed E-state index contributed by atoms with van der Waals surface area (Å²) in [5.41, 5.74) is 8.14. The first-order valence-electron chi connectivity index (χ1n) is 11.4. The summed E-state index contributed by atoms with van der Waals surface area (Å²) in [4.78, 5) is 14.4. The second-order valence-corrected chi connectivity index (χ2v) is 9.52. The molecule has 6 aromatic rings. The van der Waals surface area contributed by atoms with Crippen LogP contribution in [-0.4, -0.2) is 57.3 Å². The summed E-state index contributed by atoms with van der Waals surface area (Å²) >= 11 is 1.68. The SMILES string of the molecule is CN(C)CCOc1cncc(-c2ccc3[nH]nc(-c4cc5c(-c6ccsc6)cncc5[nH]4)c3c2)c1. The summed E-state index contributed by atoms with van der Waals surface area (Å²) in [6, 6.07) is 12.6. The van der Waals surface area contributed by atoms with Crippen LogP contribution in [0.3, 0.4) is 0 Å². The fourth-order valence-electron chi connectivity index (χ4n) is 4.23. The molecule has 0 radical (unpaired) electrons. The summed E-state index contributed by atoms with van der Waals surface area (Å²) in [6.45, 7) is 1.47. The van der Waals surface area contributed by atoms with Gasteiger partial charge >= 0.3 is 0 Å². The van der Waals surface area contributed by atoms with Gasteiger partial charge in [0.25, 0.3) is 0 Å². The van der Waals surface area contributed by atoms with E-state index in [1.54, 1.807) is 17.5 Å². The first kappa shape index (κ1) is 21.5. The van der Waals surface area contributed by atoms with Gasteiger partial charge in [-0.2, -0.15) is 16.4 Å². The van der Waals surface area contributed by atoms with E-state index in [2.05, 4.69) is 71.1 Å². The van der Waals surface area contributed by atoms with Crippen molar-refractivity contribution in [2.75, 3.05) is 27.2 Å². The third-order valence-electron chi connectivity index (χ3n) is 6.05. The third kappa shape index (κ3) is 4.18. The number of hydrogen-bond acceptors (Lipinski definition) is 6. The van der Waals surface area contributed by atoms with E-state index in [9.17, 15) is 0 Å². The van der Waals surface area contributed by atoms with Crippen molar-refractivity contribution in [3.05, 3.63) is 71.9 Å². The Balaban J connectivity index is 1.38. The highest BCUT2D eigenvalue weighted by Crippen LogP contribution is 2.35. The van der Waals surface area contributed by atoms with Crippen molar-refractivity contribution in [2.45, 2.75) is 0 Å². The Bertz CT molecular complexity index is 1620. The third-order valence-corrected chi connectivity index (χ3v) is 6.73. The van der Waals surface area contributed by atoms with Gasteiger partial charge in [-0.1, -0.05) is 6.07 Å². The van der Waals surface area contributed by atoms with Gasteiger partial charge in [-0.25, -0.2) is 0 Å². The molecule has 0 fully saturated rings. The number of nitrogens with one attached hydrogen (secondary N) is 2. The molecule has 7 nitrogen and oxygen atoms in total. The molecular formula is C27H24N6OS. The highest BCUT2D eigenvalue weighted by Gasteiger charge is 2.15. The molecule has 0 atom stereocenters. The quantitative estimate of drug-likeness (QED) is 0.300. The molecule has 0 saturated carbocycles. The smallest absolute Gasteiger partial charge is 0.138 e. The molecule has 174 valence electrons. The van der Waals surface area contributed by atoms with Crippen LogP contribution in [0, 0.1) is 0 Å². The standard InChI is InChI=1S/C27H24N6OS/c1-33(2)6-7-34-20-9-19(12-28-13-20)17-3-4-24-22(10-17)27(32-31-24)25-11-21-23(18-5-8-35-16-18)14-29-15-26(21)30-25/h3-5,8-16,30H,6-7H2,1-2H3,(H,31,32). The summed E-state index contributed by atoms with van der Waals surface area (Å²) in [7, 11) is 4.06. The maximum Gasteiger partial charge on any atom is 0.138 e. The molecule has 0 aliphatic rings. The van der Waals surface area contributed by atoms with Gasteiger partial charge in [-0.15, -0.1) is 0 Å². The lowest BCUT2D eigenvalue weighted by Crippen LogP contribution is -2.19. The number of aromatic nitrogens is 5. The fourth-order valence-corrected chi connectivity index (χ4v) is 4.88. The van der Waals surface area contributed by atoms with Crippen molar-refractivity contribution >= 4 is 33.1 Å². The predicted octanol–water partition coefficient (Wildman–Crippen LogP) is 5.84. The average molecular weight is 481 g/mol. The molecule has 0 amide bonds. The number of likely N-dealkylation sites (N-methyl/N-ethyl adjacent to an activating group) is 1. The number of ether oxygens (including phenoxy) is 1. The molecule has 8 heteroatoms. The summed E-state index contributed by atoms with van der Waals surface area (Å²) in [5.74, 6) is 0.765. The number of hydrogen-bond donors (Lipinski definition) is 2. The number of thiophene rings is 1. The molecule has 0 unspecified atom stereocenters. The maximum absolute atomic E-state index is 5.89. The van der Waals surface area contributed by atoms with Crippen molar-refractivity contribution in [1.82, 2.24) is 30.0 Å². The van der Waals surface area contributed by atoms with Gasteiger partial charge in [0.05, 0.1) is 29.1 Å². The molecule has 5 heterocycles. The Morgan fingerprint density at radius 2 is 1.80 bits per heavy atom. The molecule has 0 spiro atoms. The lowest BCUT2D eigenvalue weighted by atomic mass is 10.0. The highest BCUT2D eigenvalue weighted by atomic mass is 32.1. The normalized spacial score (nSPS) is 11.6. The van der Waals surface area contributed by atoms with Crippen LogP contribution in [0.4, 0.5) is 0 Å². The zero-order chi connectivity index (χ0) is 23.8. The second kappa shape index (κ2) is 8.98. The number of nitrogens with zero attached hydrogens (tertiary/aromatic N) is 4. The summed E-state index contributed by atoms with van der Waals surface area (Å²) < 4.78 is 5.89. The second-order valence-electron chi connectivity index (χ2n) is 8.74. The minimum Gasteiger partial charge on any atom is -0.491 e. The Hall–Kier alpha value is -4.01. The zero-order valence-electron chi connectivity index (χ0n) is 19.4. The predicted molar refractivity (Wildman–Crippen MR) is 142 cm³/mol. The average Bonchev–Trinajstić information content (AvgIpc) is 3.62. The van der Waals surface area contributed by atoms with E-state index in [-0.39, 0.29) is 0 Å². The Kier molecular flexibility index (Phi) is 5.52. The summed E-state index contributed by atoms with van der Waals surface area (Å²) in [5, 5.41) is 14.2. The lowest BCUT2D eigenvalue weighted by molar-refractivity contribution is 0.261. The topological polar surface area (TPSA) is 82.7 Å². The van der Waals surface area contributed by atoms with Crippen molar-refractivity contribution in [3.8, 4) is 39.4 Å². The van der Waals surface area contributed by atoms with E-state index in [0.29, 0.717) is 6.61 Å². The van der Waals surface area contributed by atoms with E-state index in [4.69, 9.17) is 4.74 Å². The molecular weight excluding hydrogens is 456 g/mol. The van der Waals surface area contributed by atoms with Crippen LogP contribution in [-0.2, 0) is 0 Å². The molecule has 0 saturated heterocycles. The van der Waals surface area contributed by atoms with Gasteiger partial charge in [-0.05, 0) is 66.3 Å². The number of benzene rings is 1. The Labute approximate surface area is 206 Å². The van der Waals surface area contributed by atoms with Gasteiger partial charge in [0.1, 0.15) is 18.1 Å². The monoisotopic (exact) mass is 480 g/mol. The lowest BCUT2D eigenvalue weighted by Gasteiger charge is -2.11. The molecule has 5 aromatic heterocycles. The van der Waals surface area contributed by atoms with Crippen molar-refractivity contribution in [1.29, 1.82) is 0 Å². The molecule has 6 rings (SSSR count). The zero-order valence-corrected chi connectivity index (χ0v) is 20.3. The van der Waals surface area contributed by atoms with Crippen LogP contribution in [0.25, 0.3) is 55.4 Å². The molecule has 2 N–H and O–H groups in total. The van der Waals surface area contributed by atoms with Gasteiger partial charge in [-0.3, -0.25) is 15.1 Å². The van der Waals surface area contributed by atoms with Crippen LogP contribution in [0.2, 0.25) is 0 Å². The van der Waals surface area contributed by atoms with Gasteiger partial charge in [0.2, 0.25) is 0 Å². The van der Waals surface area contributed by atoms with Crippen molar-refractivity contribution < 1.29 is 4.74 Å². The Morgan fingerprint density at radius 3 is 2.66 bits per heavy atom. The number of rotatable bonds is 7. The van der Waals surface area contributed by atoms with E-state index in [0.717, 1.165) is 62.2 Å². The first-order valence-corrected chi connectivity index (χ1v) is 12.3. The van der Waals surface area contributed by atoms with Crippen LogP contribution >= 0.6 is 11.3 Å². The molecule has 0 bridgehead atoms. The van der Waals surface area contributed by atoms with Gasteiger partial charge < -0.3 is 14.6 Å². The highest BCUT2D eigenvalue weighted by molar-refractivity contribution is 7.08. The number of aromatic amines is 2. The maximum atomic E-state index is 5.89. The largest absolute Gasteiger partial charge is 0.491 e. The Morgan fingerprint density at radius 1 is 0.886 bits per heavy atom. The summed E-state index contributed by atoms with van der Waals surface area (Å²) in [6.07, 6.45) is 7.40. The van der Waals surface area contributed by atoms with Gasteiger partial charge in [0, 0.05) is 40.8 Å². The van der Waals surface area contributed by atoms with E-state index in [1.165, 1.54) is 5.56 Å². The molecule has 0 aliphatic carbocycles. The number of fused-ring (bicyclic) bond motifs is 2. The molecule has 1 aromatic carbocycles. The minimum atomic E-state index is 0.617. The molecule has 0 aliphatic heterocycles. The van der Waals surface area contributed by atoms with Crippen molar-refractivity contribution in [2.24, 2.45) is 0 Å².